The van der Waals surface area contributed by atoms with E-state index in [4.69, 9.17) is 10.5 Å². The Hall–Kier alpha value is -1.92. The number of nitrogens with zero attached hydrogens (tertiary/aromatic N) is 1. The second-order valence-corrected chi connectivity index (χ2v) is 5.67. The van der Waals surface area contributed by atoms with Crippen molar-refractivity contribution in [3.63, 3.8) is 0 Å². The molecule has 1 saturated heterocycles. The van der Waals surface area contributed by atoms with Crippen molar-refractivity contribution >= 4 is 17.5 Å². The molecule has 0 bridgehead atoms. The largest absolute Gasteiger partial charge is 0.364 e. The van der Waals surface area contributed by atoms with Crippen LogP contribution in [0.1, 0.15) is 18.4 Å². The fourth-order valence-corrected chi connectivity index (χ4v) is 2.44. The van der Waals surface area contributed by atoms with E-state index in [-0.39, 0.29) is 24.5 Å². The quantitative estimate of drug-likeness (QED) is 0.846. The number of carbonyl (C=O) groups excluding carboxylic acids is 2. The number of aryl methyl sites for hydroxylation is 1. The minimum Gasteiger partial charge on any atom is -0.364 e. The molecule has 0 unspecified atom stereocenters. The first-order valence-corrected chi connectivity index (χ1v) is 7.46. The maximum absolute atomic E-state index is 12.2. The van der Waals surface area contributed by atoms with Crippen LogP contribution in [0, 0.1) is 6.92 Å². The van der Waals surface area contributed by atoms with Crippen molar-refractivity contribution in [3.8, 4) is 0 Å². The minimum atomic E-state index is -0.481. The highest BCUT2D eigenvalue weighted by Gasteiger charge is 2.32. The van der Waals surface area contributed by atoms with E-state index in [1.807, 2.05) is 31.2 Å². The van der Waals surface area contributed by atoms with Crippen LogP contribution in [0.25, 0.3) is 0 Å². The maximum Gasteiger partial charge on any atom is 0.251 e. The molecule has 1 fully saturated rings. The molecule has 0 saturated carbocycles. The van der Waals surface area contributed by atoms with E-state index in [0.717, 1.165) is 17.7 Å². The summed E-state index contributed by atoms with van der Waals surface area (Å²) in [6.07, 6.45) is 0.912. The number of amides is 2. The zero-order chi connectivity index (χ0) is 16.1. The van der Waals surface area contributed by atoms with Crippen molar-refractivity contribution in [2.75, 3.05) is 25.5 Å². The first kappa shape index (κ1) is 16.5. The lowest BCUT2D eigenvalue weighted by Gasteiger charge is -2.20. The van der Waals surface area contributed by atoms with Gasteiger partial charge in [0.25, 0.3) is 5.91 Å². The highest BCUT2D eigenvalue weighted by molar-refractivity contribution is 5.95. The van der Waals surface area contributed by atoms with Gasteiger partial charge in [-0.05, 0) is 31.9 Å². The van der Waals surface area contributed by atoms with Crippen LogP contribution in [0.5, 0.6) is 0 Å². The third-order valence-corrected chi connectivity index (χ3v) is 3.74. The van der Waals surface area contributed by atoms with Crippen molar-refractivity contribution in [3.05, 3.63) is 29.8 Å². The summed E-state index contributed by atoms with van der Waals surface area (Å²) in [5.74, 6) is -0.400. The van der Waals surface area contributed by atoms with Gasteiger partial charge in [0.1, 0.15) is 6.10 Å². The van der Waals surface area contributed by atoms with Gasteiger partial charge in [-0.3, -0.25) is 9.59 Å². The summed E-state index contributed by atoms with van der Waals surface area (Å²) >= 11 is 0. The summed E-state index contributed by atoms with van der Waals surface area (Å²) in [5, 5.41) is 2.77. The third kappa shape index (κ3) is 4.29. The molecule has 0 aliphatic carbocycles. The molecule has 1 heterocycles. The lowest BCUT2D eigenvalue weighted by Crippen LogP contribution is -2.41. The molecule has 0 radical (unpaired) electrons. The van der Waals surface area contributed by atoms with E-state index in [0.29, 0.717) is 13.0 Å². The molecule has 3 N–H and O–H groups in total. The Balaban J connectivity index is 1.83. The molecule has 120 valence electrons. The van der Waals surface area contributed by atoms with Gasteiger partial charge in [0.15, 0.2) is 0 Å². The number of hydrogen-bond acceptors (Lipinski definition) is 4. The monoisotopic (exact) mass is 305 g/mol. The Morgan fingerprint density at radius 2 is 2.00 bits per heavy atom. The normalized spacial score (nSPS) is 20.7. The number of benzene rings is 1. The van der Waals surface area contributed by atoms with E-state index in [1.54, 1.807) is 7.05 Å². The Kier molecular flexibility index (Phi) is 5.51. The van der Waals surface area contributed by atoms with Crippen LogP contribution in [0.2, 0.25) is 0 Å². The number of ether oxygens (including phenoxy) is 1. The number of nitrogens with one attached hydrogen (secondary N) is 1. The Bertz CT molecular complexity index is 530. The summed E-state index contributed by atoms with van der Waals surface area (Å²) in [5.41, 5.74) is 7.38. The number of nitrogens with two attached hydrogens (primary N) is 1. The van der Waals surface area contributed by atoms with Gasteiger partial charge >= 0.3 is 0 Å². The summed E-state index contributed by atoms with van der Waals surface area (Å²) in [6, 6.07) is 7.51. The van der Waals surface area contributed by atoms with Crippen molar-refractivity contribution in [1.82, 2.24) is 4.90 Å². The minimum absolute atomic E-state index is 0.000137. The molecule has 0 spiro atoms. The summed E-state index contributed by atoms with van der Waals surface area (Å²) in [7, 11) is 1.61. The van der Waals surface area contributed by atoms with Crippen molar-refractivity contribution in [2.24, 2.45) is 5.73 Å². The highest BCUT2D eigenvalue weighted by Crippen LogP contribution is 2.20. The molecule has 2 amide bonds. The average molecular weight is 305 g/mol. The van der Waals surface area contributed by atoms with Crippen molar-refractivity contribution in [2.45, 2.75) is 32.0 Å². The van der Waals surface area contributed by atoms with Gasteiger partial charge in [0.2, 0.25) is 5.91 Å². The van der Waals surface area contributed by atoms with E-state index in [2.05, 4.69) is 5.32 Å². The number of likely N-dealkylation sites (N-methyl/N-ethyl adjacent to an activating group) is 1. The van der Waals surface area contributed by atoms with E-state index < -0.39 is 6.10 Å². The topological polar surface area (TPSA) is 84.7 Å². The first-order valence-electron chi connectivity index (χ1n) is 7.46. The lowest BCUT2D eigenvalue weighted by molar-refractivity contribution is -0.143. The summed E-state index contributed by atoms with van der Waals surface area (Å²) in [6.45, 7) is 2.40. The van der Waals surface area contributed by atoms with Gasteiger partial charge < -0.3 is 20.7 Å². The van der Waals surface area contributed by atoms with Gasteiger partial charge in [0.05, 0.1) is 12.6 Å². The van der Waals surface area contributed by atoms with Crippen molar-refractivity contribution in [1.29, 1.82) is 0 Å². The van der Waals surface area contributed by atoms with Crippen LogP contribution < -0.4 is 11.1 Å². The van der Waals surface area contributed by atoms with Crippen LogP contribution in [0.15, 0.2) is 24.3 Å². The second-order valence-electron chi connectivity index (χ2n) is 5.67. The van der Waals surface area contributed by atoms with E-state index in [1.165, 1.54) is 4.90 Å². The SMILES string of the molecule is Cc1ccc(NC(=O)CN(C)C(=O)[C@@H]2CC[C@H](CN)O2)cc1. The summed E-state index contributed by atoms with van der Waals surface area (Å²) in [4.78, 5) is 25.6. The molecule has 1 aliphatic heterocycles. The maximum atomic E-state index is 12.2. The van der Waals surface area contributed by atoms with Gasteiger partial charge in [-0.1, -0.05) is 17.7 Å². The van der Waals surface area contributed by atoms with Crippen LogP contribution >= 0.6 is 0 Å². The fraction of sp³-hybridized carbons (Fsp3) is 0.500. The van der Waals surface area contributed by atoms with Gasteiger partial charge in [-0.15, -0.1) is 0 Å². The Morgan fingerprint density at radius 3 is 2.59 bits per heavy atom. The molecular formula is C16H23N3O3. The third-order valence-electron chi connectivity index (χ3n) is 3.74. The van der Waals surface area contributed by atoms with Crippen molar-refractivity contribution < 1.29 is 14.3 Å². The van der Waals surface area contributed by atoms with Gasteiger partial charge in [0, 0.05) is 19.3 Å². The average Bonchev–Trinajstić information content (AvgIpc) is 2.97. The predicted octanol–water partition coefficient (Wildman–Crippen LogP) is 0.898. The van der Waals surface area contributed by atoms with Crippen LogP contribution in [0.3, 0.4) is 0 Å². The van der Waals surface area contributed by atoms with Gasteiger partial charge in [-0.2, -0.15) is 0 Å². The zero-order valence-corrected chi connectivity index (χ0v) is 13.0. The molecule has 1 aromatic rings. The lowest BCUT2D eigenvalue weighted by atomic mass is 10.2. The molecule has 6 heteroatoms. The van der Waals surface area contributed by atoms with Crippen LogP contribution in [-0.4, -0.2) is 49.1 Å². The smallest absolute Gasteiger partial charge is 0.251 e. The van der Waals surface area contributed by atoms with Crippen LogP contribution in [-0.2, 0) is 14.3 Å². The van der Waals surface area contributed by atoms with Crippen LogP contribution in [0.4, 0.5) is 5.69 Å². The predicted molar refractivity (Wildman–Crippen MR) is 84.4 cm³/mol. The fourth-order valence-electron chi connectivity index (χ4n) is 2.44. The summed E-state index contributed by atoms with van der Waals surface area (Å²) < 4.78 is 5.56. The Labute approximate surface area is 130 Å². The zero-order valence-electron chi connectivity index (χ0n) is 13.0. The molecular weight excluding hydrogens is 282 g/mol. The number of anilines is 1. The molecule has 2 rings (SSSR count). The first-order chi connectivity index (χ1) is 10.5. The molecule has 1 aromatic carbocycles. The van der Waals surface area contributed by atoms with E-state index >= 15 is 0 Å². The number of rotatable bonds is 5. The Morgan fingerprint density at radius 1 is 1.32 bits per heavy atom. The molecule has 22 heavy (non-hydrogen) atoms. The number of hydrogen-bond donors (Lipinski definition) is 2. The molecule has 6 nitrogen and oxygen atoms in total. The molecule has 2 atom stereocenters. The highest BCUT2D eigenvalue weighted by atomic mass is 16.5. The standard InChI is InChI=1S/C16H23N3O3/c1-11-3-5-12(6-4-11)18-15(20)10-19(2)16(21)14-8-7-13(9-17)22-14/h3-6,13-14H,7-10,17H2,1-2H3,(H,18,20)/t13-,14+/m1/s1. The van der Waals surface area contributed by atoms with Gasteiger partial charge in [-0.25, -0.2) is 0 Å². The molecule has 1 aliphatic rings. The molecule has 0 aromatic heterocycles. The second kappa shape index (κ2) is 7.38. The van der Waals surface area contributed by atoms with E-state index in [9.17, 15) is 9.59 Å². The number of carbonyl (C=O) groups is 2.